The van der Waals surface area contributed by atoms with Gasteiger partial charge in [0.15, 0.2) is 0 Å². The third-order valence-corrected chi connectivity index (χ3v) is 3.66. The molecule has 1 rings (SSSR count). The molecule has 0 unspecified atom stereocenters. The van der Waals surface area contributed by atoms with Crippen LogP contribution in [0.25, 0.3) is 10.4 Å². The average Bonchev–Trinajstić information content (AvgIpc) is 2.79. The van der Waals surface area contributed by atoms with Gasteiger partial charge in [0, 0.05) is 16.9 Å². The monoisotopic (exact) mass is 282 g/mol. The first-order valence-electron chi connectivity index (χ1n) is 6.98. The molecule has 2 amide bonds. The number of imide groups is 1. The molecule has 0 aromatic heterocycles. The van der Waals surface area contributed by atoms with E-state index in [1.165, 1.54) is 4.90 Å². The zero-order chi connectivity index (χ0) is 15.3. The van der Waals surface area contributed by atoms with E-state index in [1.54, 1.807) is 6.92 Å². The summed E-state index contributed by atoms with van der Waals surface area (Å²) >= 11 is 0. The second-order valence-corrected chi connectivity index (χ2v) is 5.45. The molecule has 0 aliphatic carbocycles. The van der Waals surface area contributed by atoms with Crippen molar-refractivity contribution in [3.05, 3.63) is 10.4 Å². The quantitative estimate of drug-likeness (QED) is 0.425. The summed E-state index contributed by atoms with van der Waals surface area (Å²) in [6.45, 7) is 7.76. The number of hydrogen-bond acceptors (Lipinski definition) is 4. The van der Waals surface area contributed by atoms with Crippen LogP contribution in [0.5, 0.6) is 0 Å². The number of azide groups is 1. The van der Waals surface area contributed by atoms with Crippen LogP contribution in [-0.2, 0) is 9.53 Å². The average molecular weight is 282 g/mol. The summed E-state index contributed by atoms with van der Waals surface area (Å²) in [6.07, 6.45) is 0.822. The number of hydrogen-bond donors (Lipinski definition) is 0. The predicted octanol–water partition coefficient (Wildman–Crippen LogP) is 3.10. The normalized spacial score (nSPS) is 21.4. The van der Waals surface area contributed by atoms with Gasteiger partial charge in [-0.1, -0.05) is 39.2 Å². The molecular formula is C13H22N4O3. The summed E-state index contributed by atoms with van der Waals surface area (Å²) in [5.74, 6) is -0.725. The molecule has 1 aliphatic heterocycles. The summed E-state index contributed by atoms with van der Waals surface area (Å²) < 4.78 is 4.97. The van der Waals surface area contributed by atoms with Gasteiger partial charge in [0.1, 0.15) is 6.61 Å². The SMILES string of the molecule is CCC[C@H](N=[N+]=[N-])[C@H](C)C(=O)N1C(=O)OC[C@@H]1C(C)C. The van der Waals surface area contributed by atoms with E-state index in [-0.39, 0.29) is 24.5 Å². The lowest BCUT2D eigenvalue weighted by Crippen LogP contribution is -2.46. The van der Waals surface area contributed by atoms with Crippen LogP contribution in [0.1, 0.15) is 40.5 Å². The van der Waals surface area contributed by atoms with E-state index >= 15 is 0 Å². The Morgan fingerprint density at radius 2 is 2.20 bits per heavy atom. The lowest BCUT2D eigenvalue weighted by molar-refractivity contribution is -0.134. The molecule has 1 aliphatic rings. The Morgan fingerprint density at radius 1 is 1.55 bits per heavy atom. The van der Waals surface area contributed by atoms with E-state index in [0.717, 1.165) is 6.42 Å². The summed E-state index contributed by atoms with van der Waals surface area (Å²) in [5, 5.41) is 3.68. The fourth-order valence-electron chi connectivity index (χ4n) is 2.33. The van der Waals surface area contributed by atoms with Crippen LogP contribution in [0, 0.1) is 11.8 Å². The minimum Gasteiger partial charge on any atom is -0.447 e. The predicted molar refractivity (Wildman–Crippen MR) is 73.8 cm³/mol. The first-order chi connectivity index (χ1) is 9.43. The molecule has 0 N–H and O–H groups in total. The molecule has 7 heteroatoms. The van der Waals surface area contributed by atoms with Crippen molar-refractivity contribution < 1.29 is 14.3 Å². The Morgan fingerprint density at radius 3 is 2.70 bits per heavy atom. The van der Waals surface area contributed by atoms with Gasteiger partial charge in [-0.25, -0.2) is 9.69 Å². The van der Waals surface area contributed by atoms with Crippen LogP contribution in [0.3, 0.4) is 0 Å². The maximum Gasteiger partial charge on any atom is 0.416 e. The molecule has 0 bridgehead atoms. The van der Waals surface area contributed by atoms with Gasteiger partial charge in [-0.15, -0.1) is 0 Å². The molecule has 1 heterocycles. The fraction of sp³-hybridized carbons (Fsp3) is 0.846. The molecular weight excluding hydrogens is 260 g/mol. The lowest BCUT2D eigenvalue weighted by Gasteiger charge is -2.27. The van der Waals surface area contributed by atoms with Crippen molar-refractivity contribution in [1.29, 1.82) is 0 Å². The standard InChI is InChI=1S/C13H22N4O3/c1-5-6-10(15-16-14)9(4)12(18)17-11(8(2)3)7-20-13(17)19/h8-11H,5-7H2,1-4H3/t9-,10-,11+/m0/s1. The van der Waals surface area contributed by atoms with Crippen LogP contribution in [0.15, 0.2) is 5.11 Å². The minimum atomic E-state index is -0.600. The number of ether oxygens (including phenoxy) is 1. The third kappa shape index (κ3) is 3.42. The van der Waals surface area contributed by atoms with Crippen LogP contribution in [0.2, 0.25) is 0 Å². The van der Waals surface area contributed by atoms with Crippen molar-refractivity contribution in [2.75, 3.05) is 6.61 Å². The minimum absolute atomic E-state index is 0.127. The number of carbonyl (C=O) groups is 2. The summed E-state index contributed by atoms with van der Waals surface area (Å²) in [6, 6.07) is -0.676. The molecule has 3 atom stereocenters. The molecule has 0 aromatic rings. The molecule has 20 heavy (non-hydrogen) atoms. The fourth-order valence-corrected chi connectivity index (χ4v) is 2.33. The molecule has 112 valence electrons. The van der Waals surface area contributed by atoms with E-state index in [4.69, 9.17) is 10.3 Å². The lowest BCUT2D eigenvalue weighted by atomic mass is 9.95. The Labute approximate surface area is 118 Å². The summed E-state index contributed by atoms with van der Waals surface area (Å²) in [4.78, 5) is 28.2. The Kier molecular flexibility index (Phi) is 5.82. The molecule has 0 aromatic carbocycles. The van der Waals surface area contributed by atoms with Gasteiger partial charge in [-0.05, 0) is 17.9 Å². The van der Waals surface area contributed by atoms with Crippen molar-refractivity contribution in [3.8, 4) is 0 Å². The third-order valence-electron chi connectivity index (χ3n) is 3.66. The molecule has 7 nitrogen and oxygen atoms in total. The first-order valence-corrected chi connectivity index (χ1v) is 6.98. The van der Waals surface area contributed by atoms with E-state index < -0.39 is 18.1 Å². The molecule has 0 spiro atoms. The highest BCUT2D eigenvalue weighted by Crippen LogP contribution is 2.24. The van der Waals surface area contributed by atoms with Crippen molar-refractivity contribution in [2.24, 2.45) is 17.0 Å². The first kappa shape index (κ1) is 16.3. The van der Waals surface area contributed by atoms with E-state index in [0.29, 0.717) is 6.42 Å². The van der Waals surface area contributed by atoms with Gasteiger partial charge in [0.25, 0.3) is 0 Å². The Bertz CT molecular complexity index is 418. The van der Waals surface area contributed by atoms with Crippen molar-refractivity contribution >= 4 is 12.0 Å². The van der Waals surface area contributed by atoms with Gasteiger partial charge in [-0.3, -0.25) is 4.79 Å². The number of carbonyl (C=O) groups excluding carboxylic acids is 2. The highest BCUT2D eigenvalue weighted by Gasteiger charge is 2.42. The smallest absolute Gasteiger partial charge is 0.416 e. The second-order valence-electron chi connectivity index (χ2n) is 5.45. The van der Waals surface area contributed by atoms with Gasteiger partial charge in [0.05, 0.1) is 6.04 Å². The van der Waals surface area contributed by atoms with Crippen LogP contribution >= 0.6 is 0 Å². The highest BCUT2D eigenvalue weighted by molar-refractivity contribution is 5.95. The van der Waals surface area contributed by atoms with Crippen molar-refractivity contribution in [3.63, 3.8) is 0 Å². The van der Waals surface area contributed by atoms with E-state index in [9.17, 15) is 9.59 Å². The summed E-state index contributed by atoms with van der Waals surface area (Å²) in [7, 11) is 0. The van der Waals surface area contributed by atoms with E-state index in [1.807, 2.05) is 20.8 Å². The van der Waals surface area contributed by atoms with Crippen molar-refractivity contribution in [1.82, 2.24) is 4.90 Å². The maximum absolute atomic E-state index is 12.5. The molecule has 1 fully saturated rings. The number of rotatable bonds is 6. The van der Waals surface area contributed by atoms with Gasteiger partial charge in [-0.2, -0.15) is 0 Å². The topological polar surface area (TPSA) is 95.4 Å². The second kappa shape index (κ2) is 7.14. The van der Waals surface area contributed by atoms with E-state index in [2.05, 4.69) is 10.0 Å². The number of cyclic esters (lactones) is 1. The van der Waals surface area contributed by atoms with Gasteiger partial charge in [0.2, 0.25) is 5.91 Å². The number of amides is 2. The molecule has 0 saturated carbocycles. The highest BCUT2D eigenvalue weighted by atomic mass is 16.6. The van der Waals surface area contributed by atoms with Gasteiger partial charge >= 0.3 is 6.09 Å². The van der Waals surface area contributed by atoms with Crippen LogP contribution < -0.4 is 0 Å². The number of nitrogens with zero attached hydrogens (tertiary/aromatic N) is 4. The zero-order valence-electron chi connectivity index (χ0n) is 12.4. The maximum atomic E-state index is 12.5. The van der Waals surface area contributed by atoms with Crippen LogP contribution in [-0.4, -0.2) is 35.6 Å². The van der Waals surface area contributed by atoms with Gasteiger partial charge < -0.3 is 4.74 Å². The molecule has 0 radical (unpaired) electrons. The molecule has 1 saturated heterocycles. The largest absolute Gasteiger partial charge is 0.447 e. The Balaban J connectivity index is 2.90. The zero-order valence-corrected chi connectivity index (χ0v) is 12.4. The Hall–Kier alpha value is -1.75. The summed E-state index contributed by atoms with van der Waals surface area (Å²) in [5.41, 5.74) is 8.59. The van der Waals surface area contributed by atoms with Crippen molar-refractivity contribution in [2.45, 2.75) is 52.6 Å². The van der Waals surface area contributed by atoms with Crippen LogP contribution in [0.4, 0.5) is 4.79 Å².